The summed E-state index contributed by atoms with van der Waals surface area (Å²) in [6.45, 7) is 5.19. The van der Waals surface area contributed by atoms with Crippen LogP contribution in [0.5, 0.6) is 11.5 Å². The monoisotopic (exact) mass is 550 g/mol. The third kappa shape index (κ3) is 6.53. The zero-order valence-electron chi connectivity index (χ0n) is 23.2. The molecule has 0 atom stereocenters. The van der Waals surface area contributed by atoms with Crippen LogP contribution in [-0.4, -0.2) is 91.0 Å². The first-order valence-electron chi connectivity index (χ1n) is 14.0. The van der Waals surface area contributed by atoms with Crippen LogP contribution in [0.25, 0.3) is 16.9 Å². The molecule has 0 bridgehead atoms. The lowest BCUT2D eigenvalue weighted by atomic mass is 9.85. The van der Waals surface area contributed by atoms with Crippen LogP contribution in [0.15, 0.2) is 36.5 Å². The van der Waals surface area contributed by atoms with Gasteiger partial charge in [0.1, 0.15) is 0 Å². The zero-order chi connectivity index (χ0) is 27.9. The van der Waals surface area contributed by atoms with Gasteiger partial charge in [0.25, 0.3) is 5.91 Å². The van der Waals surface area contributed by atoms with E-state index in [1.165, 1.54) is 0 Å². The van der Waals surface area contributed by atoms with Gasteiger partial charge in [-0.3, -0.25) is 14.5 Å². The maximum Gasteiger partial charge on any atom is 0.272 e. The summed E-state index contributed by atoms with van der Waals surface area (Å²) in [7, 11) is 3.18. The molecule has 3 aromatic rings. The quantitative estimate of drug-likeness (QED) is 0.370. The first kappa shape index (κ1) is 27.9. The van der Waals surface area contributed by atoms with Crippen LogP contribution < -0.4 is 20.1 Å². The lowest BCUT2D eigenvalue weighted by Crippen LogP contribution is -2.41. The molecule has 1 aromatic carbocycles. The number of fused-ring (bicyclic) bond motifs is 1. The Hall–Kier alpha value is -3.70. The average Bonchev–Trinajstić information content (AvgIpc) is 3.45. The Morgan fingerprint density at radius 2 is 1.80 bits per heavy atom. The summed E-state index contributed by atoms with van der Waals surface area (Å²) in [6.07, 6.45) is 5.69. The standard InChI is InChI=1S/C29H38N6O5/c1-38-25-9-6-21(18-26(25)39-2)24-10-12-30-27-19-23(33-35(24)27)29(37)32-22-7-4-20(5-8-22)28(36)31-11-3-13-34-14-16-40-17-15-34/h6,9-10,12,18-20,22H,3-5,7-8,11,13-17H2,1-2H3,(H,31,36)(H,32,37). The van der Waals surface area contributed by atoms with E-state index in [0.29, 0.717) is 29.4 Å². The van der Waals surface area contributed by atoms with Gasteiger partial charge in [-0.15, -0.1) is 0 Å². The molecule has 2 amide bonds. The van der Waals surface area contributed by atoms with Gasteiger partial charge in [-0.25, -0.2) is 9.50 Å². The molecule has 11 nitrogen and oxygen atoms in total. The summed E-state index contributed by atoms with van der Waals surface area (Å²) in [5, 5.41) is 10.8. The number of nitrogens with one attached hydrogen (secondary N) is 2. The molecule has 0 unspecified atom stereocenters. The van der Waals surface area contributed by atoms with Gasteiger partial charge in [-0.2, -0.15) is 5.10 Å². The van der Waals surface area contributed by atoms with Crippen molar-refractivity contribution in [2.45, 2.75) is 38.1 Å². The zero-order valence-corrected chi connectivity index (χ0v) is 23.2. The van der Waals surface area contributed by atoms with Crippen molar-refractivity contribution in [1.29, 1.82) is 0 Å². The second-order valence-electron chi connectivity index (χ2n) is 10.3. The van der Waals surface area contributed by atoms with Crippen molar-refractivity contribution in [3.8, 4) is 22.8 Å². The van der Waals surface area contributed by atoms with Crippen molar-refractivity contribution in [1.82, 2.24) is 30.1 Å². The molecule has 3 heterocycles. The Morgan fingerprint density at radius 3 is 2.55 bits per heavy atom. The highest BCUT2D eigenvalue weighted by molar-refractivity contribution is 5.93. The molecule has 40 heavy (non-hydrogen) atoms. The number of rotatable bonds is 10. The third-order valence-corrected chi connectivity index (χ3v) is 7.76. The number of methoxy groups -OCH3 is 2. The fourth-order valence-corrected chi connectivity index (χ4v) is 5.46. The summed E-state index contributed by atoms with van der Waals surface area (Å²) in [6, 6.07) is 9.16. The number of ether oxygens (including phenoxy) is 3. The summed E-state index contributed by atoms with van der Waals surface area (Å²) < 4.78 is 17.8. The van der Waals surface area contributed by atoms with Gasteiger partial charge in [0.05, 0.1) is 33.1 Å². The Balaban J connectivity index is 1.13. The van der Waals surface area contributed by atoms with Gasteiger partial charge in [-0.1, -0.05) is 0 Å². The lowest BCUT2D eigenvalue weighted by molar-refractivity contribution is -0.126. The molecule has 1 saturated heterocycles. The fourth-order valence-electron chi connectivity index (χ4n) is 5.46. The number of hydrogen-bond donors (Lipinski definition) is 2. The van der Waals surface area contributed by atoms with Crippen LogP contribution in [0.1, 0.15) is 42.6 Å². The molecular weight excluding hydrogens is 512 g/mol. The Bertz CT molecular complexity index is 1310. The first-order chi connectivity index (χ1) is 19.6. The minimum absolute atomic E-state index is 0.0000196. The Morgan fingerprint density at radius 1 is 1.02 bits per heavy atom. The molecule has 1 aliphatic carbocycles. The predicted octanol–water partition coefficient (Wildman–Crippen LogP) is 2.54. The normalized spacial score (nSPS) is 19.8. The summed E-state index contributed by atoms with van der Waals surface area (Å²) in [4.78, 5) is 32.5. The van der Waals surface area contributed by atoms with Crippen molar-refractivity contribution in [3.05, 3.63) is 42.2 Å². The number of aromatic nitrogens is 3. The van der Waals surface area contributed by atoms with Crippen molar-refractivity contribution in [2.75, 3.05) is 53.6 Å². The second kappa shape index (κ2) is 13.1. The molecule has 1 aliphatic heterocycles. The Kier molecular flexibility index (Phi) is 9.12. The molecule has 0 radical (unpaired) electrons. The van der Waals surface area contributed by atoms with E-state index < -0.39 is 0 Å². The van der Waals surface area contributed by atoms with Crippen LogP contribution in [0.4, 0.5) is 0 Å². The molecule has 2 fully saturated rings. The summed E-state index contributed by atoms with van der Waals surface area (Å²) in [5.41, 5.74) is 2.52. The smallest absolute Gasteiger partial charge is 0.272 e. The molecule has 2 N–H and O–H groups in total. The largest absolute Gasteiger partial charge is 0.493 e. The summed E-state index contributed by atoms with van der Waals surface area (Å²) >= 11 is 0. The van der Waals surface area contributed by atoms with Crippen LogP contribution in [-0.2, 0) is 9.53 Å². The number of amides is 2. The minimum Gasteiger partial charge on any atom is -0.493 e. The van der Waals surface area contributed by atoms with Crippen LogP contribution in [0.3, 0.4) is 0 Å². The number of carbonyl (C=O) groups is 2. The van der Waals surface area contributed by atoms with E-state index in [9.17, 15) is 9.59 Å². The number of benzene rings is 1. The Labute approximate surface area is 234 Å². The van der Waals surface area contributed by atoms with Gasteiger partial charge in [0.15, 0.2) is 22.8 Å². The highest BCUT2D eigenvalue weighted by Crippen LogP contribution is 2.32. The highest BCUT2D eigenvalue weighted by Gasteiger charge is 2.28. The fraction of sp³-hybridized carbons (Fsp3) is 0.517. The SMILES string of the molecule is COc1ccc(-c2ccnc3cc(C(=O)NC4CCC(C(=O)NCCCN5CCOCC5)CC4)nn23)cc1OC. The van der Waals surface area contributed by atoms with E-state index >= 15 is 0 Å². The highest BCUT2D eigenvalue weighted by atomic mass is 16.5. The molecule has 2 aliphatic rings. The number of nitrogens with zero attached hydrogens (tertiary/aromatic N) is 4. The topological polar surface area (TPSA) is 119 Å². The van der Waals surface area contributed by atoms with E-state index in [-0.39, 0.29) is 23.8 Å². The molecule has 0 spiro atoms. The summed E-state index contributed by atoms with van der Waals surface area (Å²) in [5.74, 6) is 1.13. The van der Waals surface area contributed by atoms with Crippen LogP contribution >= 0.6 is 0 Å². The van der Waals surface area contributed by atoms with E-state index in [1.54, 1.807) is 31.0 Å². The molecule has 11 heteroatoms. The molecule has 2 aromatic heterocycles. The minimum atomic E-state index is -0.236. The lowest BCUT2D eigenvalue weighted by Gasteiger charge is -2.28. The number of hydrogen-bond acceptors (Lipinski definition) is 8. The predicted molar refractivity (Wildman–Crippen MR) is 150 cm³/mol. The van der Waals surface area contributed by atoms with Crippen molar-refractivity contribution in [2.24, 2.45) is 5.92 Å². The van der Waals surface area contributed by atoms with E-state index in [0.717, 1.165) is 76.2 Å². The number of morpholine rings is 1. The third-order valence-electron chi connectivity index (χ3n) is 7.76. The van der Waals surface area contributed by atoms with Gasteiger partial charge in [0, 0.05) is 49.4 Å². The maximum atomic E-state index is 13.1. The van der Waals surface area contributed by atoms with Gasteiger partial charge in [0.2, 0.25) is 5.91 Å². The molecule has 5 rings (SSSR count). The van der Waals surface area contributed by atoms with Crippen LogP contribution in [0, 0.1) is 5.92 Å². The van der Waals surface area contributed by atoms with E-state index in [1.807, 2.05) is 24.3 Å². The van der Waals surface area contributed by atoms with Gasteiger partial charge >= 0.3 is 0 Å². The maximum absolute atomic E-state index is 13.1. The van der Waals surface area contributed by atoms with Crippen LogP contribution in [0.2, 0.25) is 0 Å². The molecule has 1 saturated carbocycles. The van der Waals surface area contributed by atoms with Crippen molar-refractivity contribution >= 4 is 17.5 Å². The van der Waals surface area contributed by atoms with E-state index in [2.05, 4.69) is 25.6 Å². The molecular formula is C29H38N6O5. The number of carbonyl (C=O) groups excluding carboxylic acids is 2. The van der Waals surface area contributed by atoms with Gasteiger partial charge in [-0.05, 0) is 62.9 Å². The average molecular weight is 551 g/mol. The molecule has 214 valence electrons. The van der Waals surface area contributed by atoms with Gasteiger partial charge < -0.3 is 24.8 Å². The van der Waals surface area contributed by atoms with E-state index in [4.69, 9.17) is 14.2 Å². The second-order valence-corrected chi connectivity index (χ2v) is 10.3. The van der Waals surface area contributed by atoms with Crippen molar-refractivity contribution in [3.63, 3.8) is 0 Å². The van der Waals surface area contributed by atoms with Crippen molar-refractivity contribution < 1.29 is 23.8 Å². The first-order valence-corrected chi connectivity index (χ1v) is 14.0.